The van der Waals surface area contributed by atoms with Gasteiger partial charge in [0.05, 0.1) is 24.1 Å². The molecule has 1 amide bonds. The molecular weight excluding hydrogens is 268 g/mol. The number of hydrogen-bond donors (Lipinski definition) is 2. The van der Waals surface area contributed by atoms with Gasteiger partial charge >= 0.3 is 0 Å². The van der Waals surface area contributed by atoms with E-state index in [4.69, 9.17) is 0 Å². The van der Waals surface area contributed by atoms with E-state index in [0.717, 1.165) is 11.1 Å². The van der Waals surface area contributed by atoms with Crippen molar-refractivity contribution in [2.75, 3.05) is 6.54 Å². The third-order valence-electron chi connectivity index (χ3n) is 3.22. The van der Waals surface area contributed by atoms with Crippen molar-refractivity contribution in [3.63, 3.8) is 0 Å². The maximum atomic E-state index is 12.1. The number of carbonyl (C=O) groups is 1. The van der Waals surface area contributed by atoms with Crippen LogP contribution in [0.3, 0.4) is 0 Å². The molecule has 3 heterocycles. The Labute approximate surface area is 121 Å². The van der Waals surface area contributed by atoms with E-state index in [1.165, 1.54) is 0 Å². The van der Waals surface area contributed by atoms with Crippen LogP contribution < -0.4 is 5.32 Å². The maximum absolute atomic E-state index is 12.1. The smallest absolute Gasteiger partial charge is 0.251 e. The van der Waals surface area contributed by atoms with Crippen LogP contribution in [-0.4, -0.2) is 31.9 Å². The minimum absolute atomic E-state index is 0.146. The Morgan fingerprint density at radius 1 is 1.29 bits per heavy atom. The molecule has 6 heteroatoms. The predicted molar refractivity (Wildman–Crippen MR) is 76.7 cm³/mol. The fraction of sp³-hybridized carbons (Fsp3) is 0.133. The van der Waals surface area contributed by atoms with Crippen molar-refractivity contribution in [1.29, 1.82) is 0 Å². The molecular formula is C15H14N4O2. The summed E-state index contributed by atoms with van der Waals surface area (Å²) in [6.07, 6.45) is 7.58. The molecule has 0 aliphatic heterocycles. The number of carbonyl (C=O) groups excluding carboxylic acids is 1. The van der Waals surface area contributed by atoms with E-state index in [0.29, 0.717) is 5.56 Å². The quantitative estimate of drug-likeness (QED) is 0.753. The van der Waals surface area contributed by atoms with Gasteiger partial charge in [-0.1, -0.05) is 0 Å². The van der Waals surface area contributed by atoms with Crippen molar-refractivity contribution in [3.8, 4) is 0 Å². The molecule has 0 aromatic carbocycles. The van der Waals surface area contributed by atoms with E-state index in [1.807, 2.05) is 4.40 Å². The lowest BCUT2D eigenvalue weighted by molar-refractivity contribution is 0.0916. The molecule has 1 atom stereocenters. The first-order chi connectivity index (χ1) is 10.2. The zero-order valence-corrected chi connectivity index (χ0v) is 11.2. The zero-order valence-electron chi connectivity index (χ0n) is 11.2. The van der Waals surface area contributed by atoms with E-state index >= 15 is 0 Å². The number of aliphatic hydroxyl groups is 1. The van der Waals surface area contributed by atoms with E-state index in [-0.39, 0.29) is 12.5 Å². The fourth-order valence-electron chi connectivity index (χ4n) is 2.06. The Morgan fingerprint density at radius 3 is 2.90 bits per heavy atom. The molecule has 3 aromatic rings. The van der Waals surface area contributed by atoms with Crippen LogP contribution in [0.15, 0.2) is 55.4 Å². The van der Waals surface area contributed by atoms with Crippen LogP contribution in [0.25, 0.3) is 5.52 Å². The first kappa shape index (κ1) is 13.3. The summed E-state index contributed by atoms with van der Waals surface area (Å²) >= 11 is 0. The lowest BCUT2D eigenvalue weighted by Crippen LogP contribution is -2.28. The lowest BCUT2D eigenvalue weighted by Gasteiger charge is -2.12. The molecule has 3 aromatic heterocycles. The van der Waals surface area contributed by atoms with Crippen LogP contribution in [0.4, 0.5) is 0 Å². The summed E-state index contributed by atoms with van der Waals surface area (Å²) in [5.41, 5.74) is 2.10. The number of aliphatic hydroxyl groups excluding tert-OH is 1. The minimum atomic E-state index is -0.754. The summed E-state index contributed by atoms with van der Waals surface area (Å²) in [5.74, 6) is -0.230. The molecule has 6 nitrogen and oxygen atoms in total. The van der Waals surface area contributed by atoms with E-state index in [1.54, 1.807) is 55.4 Å². The second kappa shape index (κ2) is 5.72. The van der Waals surface area contributed by atoms with Crippen LogP contribution in [0.5, 0.6) is 0 Å². The van der Waals surface area contributed by atoms with Crippen molar-refractivity contribution in [3.05, 3.63) is 66.5 Å². The Kier molecular flexibility index (Phi) is 3.61. The first-order valence-corrected chi connectivity index (χ1v) is 6.52. The van der Waals surface area contributed by atoms with E-state index in [2.05, 4.69) is 15.3 Å². The number of aromatic nitrogens is 3. The summed E-state index contributed by atoms with van der Waals surface area (Å²) in [5, 5.41) is 12.7. The lowest BCUT2D eigenvalue weighted by atomic mass is 10.1. The summed E-state index contributed by atoms with van der Waals surface area (Å²) < 4.78 is 1.82. The number of nitrogens with zero attached hydrogens (tertiary/aromatic N) is 3. The van der Waals surface area contributed by atoms with Crippen LogP contribution in [0, 0.1) is 0 Å². The predicted octanol–water partition coefficient (Wildman–Crippen LogP) is 1.19. The van der Waals surface area contributed by atoms with Crippen molar-refractivity contribution >= 4 is 11.4 Å². The van der Waals surface area contributed by atoms with Crippen molar-refractivity contribution in [1.82, 2.24) is 19.7 Å². The highest BCUT2D eigenvalue weighted by molar-refractivity contribution is 5.95. The monoisotopic (exact) mass is 282 g/mol. The van der Waals surface area contributed by atoms with Gasteiger partial charge in [0.2, 0.25) is 0 Å². The Bertz CT molecular complexity index is 754. The van der Waals surface area contributed by atoms with Gasteiger partial charge in [0.25, 0.3) is 5.91 Å². The molecule has 0 aliphatic rings. The normalized spacial score (nSPS) is 12.2. The highest BCUT2D eigenvalue weighted by atomic mass is 16.3. The van der Waals surface area contributed by atoms with Gasteiger partial charge < -0.3 is 14.8 Å². The standard InChI is InChI=1S/C15H14N4O2/c20-14(11-1-4-16-5-2-11)9-18-15(21)12-3-6-19-10-17-8-13(19)7-12/h1-8,10,14,20H,9H2,(H,18,21). The van der Waals surface area contributed by atoms with Gasteiger partial charge in [-0.05, 0) is 29.8 Å². The summed E-state index contributed by atoms with van der Waals surface area (Å²) in [7, 11) is 0. The molecule has 0 aliphatic carbocycles. The van der Waals surface area contributed by atoms with Gasteiger partial charge in [-0.25, -0.2) is 4.98 Å². The van der Waals surface area contributed by atoms with Gasteiger partial charge in [-0.15, -0.1) is 0 Å². The highest BCUT2D eigenvalue weighted by Crippen LogP contribution is 2.11. The second-order valence-corrected chi connectivity index (χ2v) is 4.65. The molecule has 0 spiro atoms. The average molecular weight is 282 g/mol. The Balaban J connectivity index is 1.66. The van der Waals surface area contributed by atoms with E-state index in [9.17, 15) is 9.90 Å². The Morgan fingerprint density at radius 2 is 2.10 bits per heavy atom. The number of fused-ring (bicyclic) bond motifs is 1. The summed E-state index contributed by atoms with van der Waals surface area (Å²) in [4.78, 5) is 20.0. The van der Waals surface area contributed by atoms with E-state index < -0.39 is 6.10 Å². The molecule has 0 saturated heterocycles. The number of nitrogens with one attached hydrogen (secondary N) is 1. The van der Waals surface area contributed by atoms with Crippen LogP contribution in [0.1, 0.15) is 22.0 Å². The third-order valence-corrected chi connectivity index (χ3v) is 3.22. The zero-order chi connectivity index (χ0) is 14.7. The Hall–Kier alpha value is -2.73. The number of pyridine rings is 2. The minimum Gasteiger partial charge on any atom is -0.387 e. The molecule has 106 valence electrons. The molecule has 0 bridgehead atoms. The highest BCUT2D eigenvalue weighted by Gasteiger charge is 2.11. The van der Waals surface area contributed by atoms with Gasteiger partial charge in [-0.2, -0.15) is 0 Å². The summed E-state index contributed by atoms with van der Waals surface area (Å²) in [6.45, 7) is 0.146. The number of imidazole rings is 1. The second-order valence-electron chi connectivity index (χ2n) is 4.65. The van der Waals surface area contributed by atoms with Gasteiger partial charge in [-0.3, -0.25) is 9.78 Å². The largest absolute Gasteiger partial charge is 0.387 e. The SMILES string of the molecule is O=C(NCC(O)c1ccncc1)c1ccn2cncc2c1. The number of amides is 1. The first-order valence-electron chi connectivity index (χ1n) is 6.52. The summed E-state index contributed by atoms with van der Waals surface area (Å²) in [6, 6.07) is 6.90. The number of hydrogen-bond acceptors (Lipinski definition) is 4. The van der Waals surface area contributed by atoms with Crippen molar-refractivity contribution in [2.24, 2.45) is 0 Å². The van der Waals surface area contributed by atoms with Crippen LogP contribution >= 0.6 is 0 Å². The average Bonchev–Trinajstić information content (AvgIpc) is 3.00. The topological polar surface area (TPSA) is 79.5 Å². The van der Waals surface area contributed by atoms with Gasteiger partial charge in [0.1, 0.15) is 0 Å². The van der Waals surface area contributed by atoms with Crippen molar-refractivity contribution in [2.45, 2.75) is 6.10 Å². The molecule has 0 saturated carbocycles. The third kappa shape index (κ3) is 2.90. The maximum Gasteiger partial charge on any atom is 0.251 e. The van der Waals surface area contributed by atoms with Crippen molar-refractivity contribution < 1.29 is 9.90 Å². The molecule has 0 radical (unpaired) electrons. The van der Waals surface area contributed by atoms with Crippen LogP contribution in [-0.2, 0) is 0 Å². The van der Waals surface area contributed by atoms with Gasteiger partial charge in [0.15, 0.2) is 0 Å². The van der Waals surface area contributed by atoms with Crippen LogP contribution in [0.2, 0.25) is 0 Å². The molecule has 21 heavy (non-hydrogen) atoms. The molecule has 0 fully saturated rings. The molecule has 1 unspecified atom stereocenters. The fourth-order valence-corrected chi connectivity index (χ4v) is 2.06. The molecule has 3 rings (SSSR count). The number of rotatable bonds is 4. The van der Waals surface area contributed by atoms with Gasteiger partial charge in [0, 0.05) is 30.7 Å². The molecule has 2 N–H and O–H groups in total.